The molecule has 0 saturated carbocycles. The van der Waals surface area contributed by atoms with Crippen LogP contribution in [0.4, 0.5) is 5.69 Å². The zero-order chi connectivity index (χ0) is 14.4. The molecule has 1 N–H and O–H groups in total. The van der Waals surface area contributed by atoms with E-state index in [0.717, 1.165) is 22.1 Å². The summed E-state index contributed by atoms with van der Waals surface area (Å²) in [7, 11) is 0. The van der Waals surface area contributed by atoms with Gasteiger partial charge in [-0.3, -0.25) is 4.79 Å². The van der Waals surface area contributed by atoms with Gasteiger partial charge in [0, 0.05) is 5.69 Å². The van der Waals surface area contributed by atoms with E-state index in [2.05, 4.69) is 28.2 Å². The van der Waals surface area contributed by atoms with E-state index in [-0.39, 0.29) is 12.5 Å². The van der Waals surface area contributed by atoms with Gasteiger partial charge in [0.15, 0.2) is 6.61 Å². The molecule has 0 aliphatic carbocycles. The molecule has 0 unspecified atom stereocenters. The highest BCUT2D eigenvalue weighted by molar-refractivity contribution is 9.10. The van der Waals surface area contributed by atoms with Crippen LogP contribution in [0.1, 0.15) is 12.5 Å². The van der Waals surface area contributed by atoms with Crippen molar-refractivity contribution in [3.63, 3.8) is 0 Å². The Hall–Kier alpha value is -1.81. The Labute approximate surface area is 127 Å². The Bertz CT molecular complexity index is 599. The van der Waals surface area contributed by atoms with E-state index in [0.29, 0.717) is 5.75 Å². The third-order valence-electron chi connectivity index (χ3n) is 2.87. The quantitative estimate of drug-likeness (QED) is 0.897. The summed E-state index contributed by atoms with van der Waals surface area (Å²) in [5.41, 5.74) is 1.96. The molecule has 4 heteroatoms. The van der Waals surface area contributed by atoms with Crippen molar-refractivity contribution in [3.05, 3.63) is 58.6 Å². The average Bonchev–Trinajstić information content (AvgIpc) is 2.47. The summed E-state index contributed by atoms with van der Waals surface area (Å²) in [6, 6.07) is 15.2. The van der Waals surface area contributed by atoms with Crippen molar-refractivity contribution in [3.8, 4) is 5.75 Å². The minimum absolute atomic E-state index is 0.0132. The van der Waals surface area contributed by atoms with Gasteiger partial charge in [-0.2, -0.15) is 0 Å². The topological polar surface area (TPSA) is 38.3 Å². The van der Waals surface area contributed by atoms with E-state index in [9.17, 15) is 4.79 Å². The highest BCUT2D eigenvalue weighted by Gasteiger charge is 2.07. The van der Waals surface area contributed by atoms with Crippen LogP contribution in [0.2, 0.25) is 0 Å². The smallest absolute Gasteiger partial charge is 0.262 e. The molecule has 0 bridgehead atoms. The molecule has 3 nitrogen and oxygen atoms in total. The Morgan fingerprint density at radius 1 is 1.15 bits per heavy atom. The molecule has 0 heterocycles. The number of ether oxygens (including phenoxy) is 1. The third-order valence-corrected chi connectivity index (χ3v) is 3.52. The first kappa shape index (κ1) is 14.6. The molecular formula is C16H16BrNO2. The van der Waals surface area contributed by atoms with Crippen molar-refractivity contribution < 1.29 is 9.53 Å². The number of carbonyl (C=O) groups is 1. The van der Waals surface area contributed by atoms with Gasteiger partial charge in [-0.05, 0) is 46.1 Å². The lowest BCUT2D eigenvalue weighted by Gasteiger charge is -2.11. The maximum atomic E-state index is 11.9. The number of nitrogens with one attached hydrogen (secondary N) is 1. The summed E-state index contributed by atoms with van der Waals surface area (Å²) < 4.78 is 6.32. The number of halogens is 1. The summed E-state index contributed by atoms with van der Waals surface area (Å²) in [5, 5.41) is 2.87. The van der Waals surface area contributed by atoms with Gasteiger partial charge in [-0.1, -0.05) is 37.3 Å². The fourth-order valence-corrected chi connectivity index (χ4v) is 2.24. The van der Waals surface area contributed by atoms with E-state index in [1.54, 1.807) is 0 Å². The van der Waals surface area contributed by atoms with E-state index < -0.39 is 0 Å². The Kier molecular flexibility index (Phi) is 5.18. The van der Waals surface area contributed by atoms with Crippen molar-refractivity contribution in [2.24, 2.45) is 0 Å². The van der Waals surface area contributed by atoms with Crippen molar-refractivity contribution in [1.82, 2.24) is 0 Å². The Morgan fingerprint density at radius 2 is 1.85 bits per heavy atom. The molecule has 0 radical (unpaired) electrons. The molecule has 2 aromatic rings. The first-order valence-corrected chi connectivity index (χ1v) is 7.25. The van der Waals surface area contributed by atoms with Gasteiger partial charge in [0.1, 0.15) is 5.75 Å². The molecule has 0 aliphatic heterocycles. The molecule has 0 aliphatic rings. The largest absolute Gasteiger partial charge is 0.483 e. The second-order valence-electron chi connectivity index (χ2n) is 4.28. The number of rotatable bonds is 5. The number of hydrogen-bond donors (Lipinski definition) is 1. The summed E-state index contributed by atoms with van der Waals surface area (Å²) in [6.07, 6.45) is 0.877. The van der Waals surface area contributed by atoms with Gasteiger partial charge in [-0.15, -0.1) is 0 Å². The molecule has 0 saturated heterocycles. The van der Waals surface area contributed by atoms with Gasteiger partial charge in [0.05, 0.1) is 4.47 Å². The lowest BCUT2D eigenvalue weighted by atomic mass is 10.1. The van der Waals surface area contributed by atoms with Crippen molar-refractivity contribution >= 4 is 27.5 Å². The summed E-state index contributed by atoms with van der Waals surface area (Å²) in [5.74, 6) is 0.494. The summed E-state index contributed by atoms with van der Waals surface area (Å²) >= 11 is 3.38. The summed E-state index contributed by atoms with van der Waals surface area (Å²) in [4.78, 5) is 11.9. The molecule has 1 amide bonds. The van der Waals surface area contributed by atoms with Crippen LogP contribution in [0.25, 0.3) is 0 Å². The number of benzene rings is 2. The van der Waals surface area contributed by atoms with Crippen LogP contribution in [-0.2, 0) is 11.2 Å². The van der Waals surface area contributed by atoms with Crippen molar-refractivity contribution in [1.29, 1.82) is 0 Å². The first-order chi connectivity index (χ1) is 9.70. The number of aryl methyl sites for hydroxylation is 1. The molecule has 104 valence electrons. The lowest BCUT2D eigenvalue weighted by molar-refractivity contribution is -0.118. The minimum atomic E-state index is -0.165. The third kappa shape index (κ3) is 3.84. The first-order valence-electron chi connectivity index (χ1n) is 6.45. The number of amides is 1. The average molecular weight is 334 g/mol. The maximum Gasteiger partial charge on any atom is 0.262 e. The second-order valence-corrected chi connectivity index (χ2v) is 5.13. The molecule has 20 heavy (non-hydrogen) atoms. The van der Waals surface area contributed by atoms with Gasteiger partial charge in [-0.25, -0.2) is 0 Å². The van der Waals surface area contributed by atoms with Crippen LogP contribution >= 0.6 is 15.9 Å². The zero-order valence-corrected chi connectivity index (χ0v) is 12.8. The predicted molar refractivity (Wildman–Crippen MR) is 84.1 cm³/mol. The second kappa shape index (κ2) is 7.10. The molecule has 0 aromatic heterocycles. The molecular weight excluding hydrogens is 318 g/mol. The number of hydrogen-bond acceptors (Lipinski definition) is 2. The summed E-state index contributed by atoms with van der Waals surface area (Å²) in [6.45, 7) is 2.04. The van der Waals surface area contributed by atoms with E-state index in [1.807, 2.05) is 48.5 Å². The van der Waals surface area contributed by atoms with Crippen LogP contribution in [0.3, 0.4) is 0 Å². The van der Waals surface area contributed by atoms with Crippen molar-refractivity contribution in [2.75, 3.05) is 11.9 Å². The van der Waals surface area contributed by atoms with Crippen LogP contribution in [0, 0.1) is 0 Å². The molecule has 0 atom stereocenters. The van der Waals surface area contributed by atoms with Crippen LogP contribution in [-0.4, -0.2) is 12.5 Å². The highest BCUT2D eigenvalue weighted by atomic mass is 79.9. The molecule has 0 spiro atoms. The lowest BCUT2D eigenvalue weighted by Crippen LogP contribution is -2.20. The van der Waals surface area contributed by atoms with E-state index in [4.69, 9.17) is 4.74 Å². The monoisotopic (exact) mass is 333 g/mol. The number of para-hydroxylation sites is 2. The number of carbonyl (C=O) groups excluding carboxylic acids is 1. The van der Waals surface area contributed by atoms with Gasteiger partial charge in [0.2, 0.25) is 0 Å². The van der Waals surface area contributed by atoms with Crippen molar-refractivity contribution in [2.45, 2.75) is 13.3 Å². The fraction of sp³-hybridized carbons (Fsp3) is 0.188. The highest BCUT2D eigenvalue weighted by Crippen LogP contribution is 2.23. The van der Waals surface area contributed by atoms with E-state index in [1.165, 1.54) is 0 Å². The molecule has 0 fully saturated rings. The maximum absolute atomic E-state index is 11.9. The molecule has 2 aromatic carbocycles. The van der Waals surface area contributed by atoms with Crippen LogP contribution < -0.4 is 10.1 Å². The molecule has 2 rings (SSSR count). The SMILES string of the molecule is CCc1ccccc1NC(=O)COc1ccccc1Br. The predicted octanol–water partition coefficient (Wildman–Crippen LogP) is 4.03. The fourth-order valence-electron chi connectivity index (χ4n) is 1.84. The van der Waals surface area contributed by atoms with Crippen LogP contribution in [0.5, 0.6) is 5.75 Å². The number of anilines is 1. The normalized spacial score (nSPS) is 10.1. The van der Waals surface area contributed by atoms with Crippen LogP contribution in [0.15, 0.2) is 53.0 Å². The zero-order valence-electron chi connectivity index (χ0n) is 11.2. The van der Waals surface area contributed by atoms with Gasteiger partial charge in [0.25, 0.3) is 5.91 Å². The Morgan fingerprint density at radius 3 is 2.60 bits per heavy atom. The Balaban J connectivity index is 1.95. The minimum Gasteiger partial charge on any atom is -0.483 e. The van der Waals surface area contributed by atoms with Gasteiger partial charge >= 0.3 is 0 Å². The van der Waals surface area contributed by atoms with Gasteiger partial charge < -0.3 is 10.1 Å². The van der Waals surface area contributed by atoms with E-state index >= 15 is 0 Å². The standard InChI is InChI=1S/C16H16BrNO2/c1-2-12-7-3-5-9-14(12)18-16(19)11-20-15-10-6-4-8-13(15)17/h3-10H,2,11H2,1H3,(H,18,19).